The number of hydrogen-bond acceptors (Lipinski definition) is 2. The van der Waals surface area contributed by atoms with Gasteiger partial charge in [-0.2, -0.15) is 5.26 Å². The minimum Gasteiger partial charge on any atom is -0.456 e. The van der Waals surface area contributed by atoms with Crippen LogP contribution in [0, 0.1) is 18.3 Å². The molecule has 3 heteroatoms. The molecule has 0 unspecified atom stereocenters. The van der Waals surface area contributed by atoms with Crippen LogP contribution in [0.2, 0.25) is 0 Å². The van der Waals surface area contributed by atoms with E-state index in [0.717, 1.165) is 15.8 Å². The molecule has 0 aliphatic rings. The van der Waals surface area contributed by atoms with Gasteiger partial charge in [-0.05, 0) is 42.8 Å². The lowest BCUT2D eigenvalue weighted by Gasteiger charge is -2.09. The van der Waals surface area contributed by atoms with Crippen LogP contribution < -0.4 is 4.74 Å². The molecular formula is C14H10BrNO. The Morgan fingerprint density at radius 3 is 2.59 bits per heavy atom. The molecular weight excluding hydrogens is 278 g/mol. The molecule has 0 aliphatic carbocycles. The lowest BCUT2D eigenvalue weighted by atomic mass is 10.2. The predicted octanol–water partition coefficient (Wildman–Crippen LogP) is 4.42. The van der Waals surface area contributed by atoms with Crippen molar-refractivity contribution < 1.29 is 4.74 Å². The van der Waals surface area contributed by atoms with E-state index in [-0.39, 0.29) is 0 Å². The van der Waals surface area contributed by atoms with Crippen LogP contribution in [0.3, 0.4) is 0 Å². The van der Waals surface area contributed by atoms with E-state index in [0.29, 0.717) is 11.3 Å². The van der Waals surface area contributed by atoms with Gasteiger partial charge in [0.25, 0.3) is 0 Å². The Labute approximate surface area is 109 Å². The van der Waals surface area contributed by atoms with E-state index >= 15 is 0 Å². The summed E-state index contributed by atoms with van der Waals surface area (Å²) in [5.41, 5.74) is 1.56. The molecule has 0 saturated carbocycles. The highest BCUT2D eigenvalue weighted by molar-refractivity contribution is 9.10. The molecule has 0 aliphatic heterocycles. The van der Waals surface area contributed by atoms with E-state index in [1.54, 1.807) is 12.1 Å². The van der Waals surface area contributed by atoms with Gasteiger partial charge in [-0.25, -0.2) is 0 Å². The van der Waals surface area contributed by atoms with Gasteiger partial charge in [-0.1, -0.05) is 28.1 Å². The highest BCUT2D eigenvalue weighted by atomic mass is 79.9. The summed E-state index contributed by atoms with van der Waals surface area (Å²) in [5, 5.41) is 8.97. The van der Waals surface area contributed by atoms with Crippen LogP contribution in [0.15, 0.2) is 46.9 Å². The van der Waals surface area contributed by atoms with Crippen LogP contribution >= 0.6 is 15.9 Å². The van der Waals surface area contributed by atoms with Crippen molar-refractivity contribution >= 4 is 15.9 Å². The van der Waals surface area contributed by atoms with Crippen LogP contribution in [-0.4, -0.2) is 0 Å². The first-order valence-corrected chi connectivity index (χ1v) is 5.93. The lowest BCUT2D eigenvalue weighted by Crippen LogP contribution is -1.90. The summed E-state index contributed by atoms with van der Waals surface area (Å²) < 4.78 is 6.75. The third-order valence-corrected chi connectivity index (χ3v) is 2.86. The van der Waals surface area contributed by atoms with Gasteiger partial charge in [-0.15, -0.1) is 0 Å². The zero-order valence-corrected chi connectivity index (χ0v) is 10.9. The summed E-state index contributed by atoms with van der Waals surface area (Å²) in [6.07, 6.45) is 0. The standard InChI is InChI=1S/C14H10BrNO/c1-10-8-12(15)6-7-13(10)17-14-5-3-2-4-11(14)9-16/h2-8H,1H3. The van der Waals surface area contributed by atoms with Gasteiger partial charge in [0.1, 0.15) is 17.6 Å². The van der Waals surface area contributed by atoms with Crippen molar-refractivity contribution in [3.05, 3.63) is 58.1 Å². The molecule has 84 valence electrons. The predicted molar refractivity (Wildman–Crippen MR) is 70.1 cm³/mol. The first-order valence-electron chi connectivity index (χ1n) is 5.14. The molecule has 0 amide bonds. The number of nitrogens with zero attached hydrogens (tertiary/aromatic N) is 1. The van der Waals surface area contributed by atoms with E-state index in [2.05, 4.69) is 22.0 Å². The summed E-state index contributed by atoms with van der Waals surface area (Å²) in [5.74, 6) is 1.34. The Hall–Kier alpha value is -1.79. The smallest absolute Gasteiger partial charge is 0.145 e. The number of nitriles is 1. The van der Waals surface area contributed by atoms with Gasteiger partial charge in [0.05, 0.1) is 5.56 Å². The maximum atomic E-state index is 8.97. The summed E-state index contributed by atoms with van der Waals surface area (Å²) in [6, 6.07) is 15.1. The van der Waals surface area contributed by atoms with E-state index in [1.165, 1.54) is 0 Å². The number of para-hydroxylation sites is 1. The lowest BCUT2D eigenvalue weighted by molar-refractivity contribution is 0.477. The van der Waals surface area contributed by atoms with Gasteiger partial charge < -0.3 is 4.74 Å². The van der Waals surface area contributed by atoms with Gasteiger partial charge in [0, 0.05) is 4.47 Å². The molecule has 2 nitrogen and oxygen atoms in total. The Bertz CT molecular complexity index is 587. The Balaban J connectivity index is 2.35. The number of aryl methyl sites for hydroxylation is 1. The fourth-order valence-electron chi connectivity index (χ4n) is 1.49. The molecule has 0 fully saturated rings. The number of benzene rings is 2. The second kappa shape index (κ2) is 5.03. The number of hydrogen-bond donors (Lipinski definition) is 0. The zero-order valence-electron chi connectivity index (χ0n) is 9.27. The third kappa shape index (κ3) is 2.66. The van der Waals surface area contributed by atoms with Crippen molar-refractivity contribution in [2.75, 3.05) is 0 Å². The highest BCUT2D eigenvalue weighted by Crippen LogP contribution is 2.29. The van der Waals surface area contributed by atoms with Crippen LogP contribution in [0.1, 0.15) is 11.1 Å². The molecule has 0 spiro atoms. The van der Waals surface area contributed by atoms with Crippen molar-refractivity contribution in [1.82, 2.24) is 0 Å². The summed E-state index contributed by atoms with van der Waals surface area (Å²) in [6.45, 7) is 1.97. The Morgan fingerprint density at radius 2 is 1.88 bits per heavy atom. The third-order valence-electron chi connectivity index (χ3n) is 2.36. The molecule has 2 rings (SSSR count). The monoisotopic (exact) mass is 287 g/mol. The van der Waals surface area contributed by atoms with Crippen molar-refractivity contribution in [1.29, 1.82) is 5.26 Å². The maximum Gasteiger partial charge on any atom is 0.145 e. The average molecular weight is 288 g/mol. The molecule has 0 aromatic heterocycles. The summed E-state index contributed by atoms with van der Waals surface area (Å²) in [7, 11) is 0. The minimum atomic E-state index is 0.537. The zero-order chi connectivity index (χ0) is 12.3. The van der Waals surface area contributed by atoms with Gasteiger partial charge in [0.2, 0.25) is 0 Å². The topological polar surface area (TPSA) is 33.0 Å². The van der Waals surface area contributed by atoms with Gasteiger partial charge >= 0.3 is 0 Å². The van der Waals surface area contributed by atoms with Crippen LogP contribution in [-0.2, 0) is 0 Å². The van der Waals surface area contributed by atoms with Crippen molar-refractivity contribution in [3.8, 4) is 17.6 Å². The van der Waals surface area contributed by atoms with E-state index in [9.17, 15) is 0 Å². The van der Waals surface area contributed by atoms with E-state index in [4.69, 9.17) is 10.00 Å². The Kier molecular flexibility index (Phi) is 3.46. The second-order valence-corrected chi connectivity index (χ2v) is 4.54. The largest absolute Gasteiger partial charge is 0.456 e. The molecule has 2 aromatic rings. The quantitative estimate of drug-likeness (QED) is 0.819. The first-order chi connectivity index (χ1) is 8.20. The number of halogens is 1. The van der Waals surface area contributed by atoms with Crippen molar-refractivity contribution in [3.63, 3.8) is 0 Å². The van der Waals surface area contributed by atoms with E-state index < -0.39 is 0 Å². The van der Waals surface area contributed by atoms with E-state index in [1.807, 2.05) is 37.3 Å². The summed E-state index contributed by atoms with van der Waals surface area (Å²) in [4.78, 5) is 0. The normalized spacial score (nSPS) is 9.71. The molecule has 0 atom stereocenters. The van der Waals surface area contributed by atoms with Gasteiger partial charge in [-0.3, -0.25) is 0 Å². The maximum absolute atomic E-state index is 8.97. The average Bonchev–Trinajstić information content (AvgIpc) is 2.33. The Morgan fingerprint density at radius 1 is 1.12 bits per heavy atom. The van der Waals surface area contributed by atoms with Crippen LogP contribution in [0.4, 0.5) is 0 Å². The second-order valence-electron chi connectivity index (χ2n) is 3.62. The SMILES string of the molecule is Cc1cc(Br)ccc1Oc1ccccc1C#N. The molecule has 0 bridgehead atoms. The van der Waals surface area contributed by atoms with Gasteiger partial charge in [0.15, 0.2) is 0 Å². The highest BCUT2D eigenvalue weighted by Gasteiger charge is 2.05. The van der Waals surface area contributed by atoms with Crippen LogP contribution in [0.5, 0.6) is 11.5 Å². The molecule has 0 saturated heterocycles. The van der Waals surface area contributed by atoms with Crippen molar-refractivity contribution in [2.45, 2.75) is 6.92 Å². The first kappa shape index (κ1) is 11.7. The van der Waals surface area contributed by atoms with Crippen LogP contribution in [0.25, 0.3) is 0 Å². The fraction of sp³-hybridized carbons (Fsp3) is 0.0714. The molecule has 0 N–H and O–H groups in total. The fourth-order valence-corrected chi connectivity index (χ4v) is 1.97. The molecule has 0 heterocycles. The number of rotatable bonds is 2. The van der Waals surface area contributed by atoms with Crippen molar-refractivity contribution in [2.24, 2.45) is 0 Å². The summed E-state index contributed by atoms with van der Waals surface area (Å²) >= 11 is 3.40. The molecule has 17 heavy (non-hydrogen) atoms. The minimum absolute atomic E-state index is 0.537. The molecule has 2 aromatic carbocycles. The molecule has 0 radical (unpaired) electrons. The number of ether oxygens (including phenoxy) is 1.